The van der Waals surface area contributed by atoms with Crippen molar-refractivity contribution in [3.05, 3.63) is 71.6 Å². The molecule has 0 radical (unpaired) electrons. The third-order valence-corrected chi connectivity index (χ3v) is 7.65. The van der Waals surface area contributed by atoms with Crippen molar-refractivity contribution in [2.75, 3.05) is 13.2 Å². The minimum absolute atomic E-state index is 0.174. The third kappa shape index (κ3) is 8.59. The molecule has 4 rings (SSSR count). The summed E-state index contributed by atoms with van der Waals surface area (Å²) in [6.07, 6.45) is -1.43. The van der Waals surface area contributed by atoms with E-state index in [-0.39, 0.29) is 30.3 Å². The van der Waals surface area contributed by atoms with Crippen LogP contribution in [0.3, 0.4) is 0 Å². The number of rotatable bonds is 11. The van der Waals surface area contributed by atoms with E-state index in [9.17, 15) is 35.1 Å². The van der Waals surface area contributed by atoms with Crippen LogP contribution in [-0.4, -0.2) is 25.9 Å². The van der Waals surface area contributed by atoms with Crippen LogP contribution < -0.4 is 9.47 Å². The predicted molar refractivity (Wildman–Crippen MR) is 136 cm³/mol. The van der Waals surface area contributed by atoms with E-state index in [1.807, 2.05) is 6.08 Å². The highest BCUT2D eigenvalue weighted by molar-refractivity contribution is 5.35. The molecule has 12 heteroatoms. The Morgan fingerprint density at radius 2 is 1.48 bits per heavy atom. The van der Waals surface area contributed by atoms with Gasteiger partial charge in [-0.3, -0.25) is 0 Å². The zero-order chi connectivity index (χ0) is 30.5. The number of hydrogen-bond acceptors (Lipinski definition) is 4. The molecule has 0 unspecified atom stereocenters. The van der Waals surface area contributed by atoms with Gasteiger partial charge in [-0.25, -0.2) is 13.2 Å². The van der Waals surface area contributed by atoms with Crippen molar-refractivity contribution in [3.63, 3.8) is 0 Å². The van der Waals surface area contributed by atoms with Crippen molar-refractivity contribution in [3.8, 4) is 11.5 Å². The maximum Gasteiger partial charge on any atom is 0.573 e. The van der Waals surface area contributed by atoms with Crippen LogP contribution >= 0.6 is 0 Å². The number of hydrogen-bond donors (Lipinski definition) is 0. The Morgan fingerprint density at radius 3 is 2.05 bits per heavy atom. The first kappa shape index (κ1) is 32.1. The van der Waals surface area contributed by atoms with E-state index in [2.05, 4.69) is 16.1 Å². The highest BCUT2D eigenvalue weighted by Crippen LogP contribution is 2.38. The maximum atomic E-state index is 14.6. The zero-order valence-electron chi connectivity index (χ0n) is 22.7. The molecule has 2 aromatic carbocycles. The zero-order valence-corrected chi connectivity index (χ0v) is 22.7. The van der Waals surface area contributed by atoms with E-state index in [4.69, 9.17) is 9.47 Å². The van der Waals surface area contributed by atoms with Crippen molar-refractivity contribution in [2.24, 2.45) is 17.8 Å². The number of ether oxygens (including phenoxy) is 4. The highest BCUT2D eigenvalue weighted by atomic mass is 19.4. The highest BCUT2D eigenvalue weighted by Gasteiger charge is 2.41. The SMILES string of the molecule is C=CC1COC(C2CCC(CCCCc3cc(F)c(C(F)(F)Oc4ccc(OC(F)(F)F)c(F)c4)c(F)c3)CC2)OC1. The summed E-state index contributed by atoms with van der Waals surface area (Å²) in [5, 5.41) is 0. The second-order valence-electron chi connectivity index (χ2n) is 10.8. The number of benzene rings is 2. The first-order chi connectivity index (χ1) is 19.8. The van der Waals surface area contributed by atoms with Gasteiger partial charge in [-0.2, -0.15) is 8.78 Å². The minimum atomic E-state index is -5.21. The molecule has 2 aromatic rings. The van der Waals surface area contributed by atoms with Gasteiger partial charge in [0.25, 0.3) is 0 Å². The van der Waals surface area contributed by atoms with Crippen LogP contribution in [0.5, 0.6) is 11.5 Å². The van der Waals surface area contributed by atoms with E-state index in [0.717, 1.165) is 50.7 Å². The number of aryl methyl sites for hydroxylation is 1. The molecule has 0 spiro atoms. The fraction of sp³-hybridized carbons (Fsp3) is 0.533. The quantitative estimate of drug-likeness (QED) is 0.145. The molecule has 1 aliphatic heterocycles. The van der Waals surface area contributed by atoms with Gasteiger partial charge in [0.1, 0.15) is 22.9 Å². The Morgan fingerprint density at radius 1 is 0.833 bits per heavy atom. The number of alkyl halides is 5. The van der Waals surface area contributed by atoms with Gasteiger partial charge in [0.05, 0.1) is 13.2 Å². The van der Waals surface area contributed by atoms with Gasteiger partial charge >= 0.3 is 12.5 Å². The van der Waals surface area contributed by atoms with E-state index in [1.54, 1.807) is 0 Å². The Bertz CT molecular complexity index is 1180. The molecule has 1 aliphatic carbocycles. The van der Waals surface area contributed by atoms with E-state index in [1.165, 1.54) is 0 Å². The average molecular weight is 609 g/mol. The van der Waals surface area contributed by atoms with E-state index in [0.29, 0.717) is 43.6 Å². The van der Waals surface area contributed by atoms with Crippen molar-refractivity contribution in [1.82, 2.24) is 0 Å². The lowest BCUT2D eigenvalue weighted by Crippen LogP contribution is -2.37. The summed E-state index contributed by atoms with van der Waals surface area (Å²) in [6.45, 7) is 5.01. The van der Waals surface area contributed by atoms with Gasteiger partial charge in [0.2, 0.25) is 0 Å². The fourth-order valence-electron chi connectivity index (χ4n) is 5.45. The molecule has 0 amide bonds. The first-order valence-electron chi connectivity index (χ1n) is 13.8. The van der Waals surface area contributed by atoms with Crippen molar-refractivity contribution in [1.29, 1.82) is 0 Å². The molecule has 42 heavy (non-hydrogen) atoms. The Hall–Kier alpha value is -2.86. The standard InChI is InChI=1S/C30H32F8O4/c1-2-18-16-39-28(40-17-18)21-9-7-19(8-10-21)5-3-4-6-20-13-24(32)27(25(33)14-20)29(34,35)41-22-11-12-26(23(31)15-22)42-30(36,37)38/h2,11-15,18-19,21,28H,1,3-10,16-17H2. The smallest absolute Gasteiger partial charge is 0.429 e. The lowest BCUT2D eigenvalue weighted by molar-refractivity contribution is -0.275. The summed E-state index contributed by atoms with van der Waals surface area (Å²) in [7, 11) is 0. The molecule has 2 fully saturated rings. The van der Waals surface area contributed by atoms with Gasteiger partial charge in [-0.1, -0.05) is 18.9 Å². The molecule has 1 saturated heterocycles. The van der Waals surface area contributed by atoms with Crippen molar-refractivity contribution in [2.45, 2.75) is 70.1 Å². The van der Waals surface area contributed by atoms with E-state index < -0.39 is 47.0 Å². The third-order valence-electron chi connectivity index (χ3n) is 7.65. The van der Waals surface area contributed by atoms with Crippen LogP contribution in [-0.2, 0) is 22.0 Å². The molecule has 4 nitrogen and oxygen atoms in total. The van der Waals surface area contributed by atoms with Crippen LogP contribution in [0.4, 0.5) is 35.1 Å². The molecule has 0 aromatic heterocycles. The number of halogens is 8. The molecule has 0 N–H and O–H groups in total. The topological polar surface area (TPSA) is 36.9 Å². The van der Waals surface area contributed by atoms with Crippen LogP contribution in [0.15, 0.2) is 43.0 Å². The molecule has 2 aliphatic rings. The van der Waals surface area contributed by atoms with Gasteiger partial charge in [0.15, 0.2) is 17.9 Å². The summed E-state index contributed by atoms with van der Waals surface area (Å²) >= 11 is 0. The summed E-state index contributed by atoms with van der Waals surface area (Å²) in [5.41, 5.74) is -1.50. The lowest BCUT2D eigenvalue weighted by atomic mass is 9.79. The Kier molecular flexibility index (Phi) is 10.4. The molecule has 232 valence electrons. The molecule has 1 heterocycles. The summed E-state index contributed by atoms with van der Waals surface area (Å²) in [4.78, 5) is 0. The largest absolute Gasteiger partial charge is 0.573 e. The van der Waals surface area contributed by atoms with Crippen LogP contribution in [0, 0.1) is 35.2 Å². The van der Waals surface area contributed by atoms with Crippen molar-refractivity contribution < 1.29 is 54.1 Å². The average Bonchev–Trinajstić information content (AvgIpc) is 2.92. The van der Waals surface area contributed by atoms with Crippen LogP contribution in [0.2, 0.25) is 0 Å². The summed E-state index contributed by atoms with van der Waals surface area (Å²) in [6, 6.07) is 2.76. The van der Waals surface area contributed by atoms with Crippen LogP contribution in [0.25, 0.3) is 0 Å². The second kappa shape index (κ2) is 13.6. The predicted octanol–water partition coefficient (Wildman–Crippen LogP) is 8.83. The van der Waals surface area contributed by atoms with Gasteiger partial charge in [-0.15, -0.1) is 19.8 Å². The number of unbranched alkanes of at least 4 members (excludes halogenated alkanes) is 1. The lowest BCUT2D eigenvalue weighted by Gasteiger charge is -2.37. The van der Waals surface area contributed by atoms with Crippen molar-refractivity contribution >= 4 is 0 Å². The fourth-order valence-corrected chi connectivity index (χ4v) is 5.45. The van der Waals surface area contributed by atoms with E-state index >= 15 is 0 Å². The molecular formula is C30H32F8O4. The molecule has 0 bridgehead atoms. The Balaban J connectivity index is 1.25. The summed E-state index contributed by atoms with van der Waals surface area (Å²) in [5.74, 6) is -5.89. The normalized spacial score (nSPS) is 23.4. The minimum Gasteiger partial charge on any atom is -0.429 e. The monoisotopic (exact) mass is 608 g/mol. The van der Waals surface area contributed by atoms with Crippen LogP contribution in [0.1, 0.15) is 56.1 Å². The second-order valence-corrected chi connectivity index (χ2v) is 10.8. The molecule has 1 saturated carbocycles. The maximum absolute atomic E-state index is 14.6. The van der Waals surface area contributed by atoms with Gasteiger partial charge < -0.3 is 18.9 Å². The molecular weight excluding hydrogens is 576 g/mol. The Labute approximate surface area is 238 Å². The summed E-state index contributed by atoms with van der Waals surface area (Å²) < 4.78 is 129. The first-order valence-corrected chi connectivity index (χ1v) is 13.8. The molecule has 0 atom stereocenters. The van der Waals surface area contributed by atoms with Gasteiger partial charge in [0, 0.05) is 17.9 Å². The van der Waals surface area contributed by atoms with Gasteiger partial charge in [-0.05, 0) is 74.3 Å².